The number of carbonyl (C=O) groups is 2. The SMILES string of the molecule is O=C(O)c1ccccc1-c1nn(-c2ccccc2)nc1C(=O)O. The van der Waals surface area contributed by atoms with Gasteiger partial charge in [0.05, 0.1) is 11.3 Å². The van der Waals surface area contributed by atoms with Gasteiger partial charge in [-0.1, -0.05) is 36.4 Å². The molecule has 2 aromatic carbocycles. The molecule has 1 aromatic heterocycles. The lowest BCUT2D eigenvalue weighted by molar-refractivity contribution is 0.0680. The summed E-state index contributed by atoms with van der Waals surface area (Å²) in [5, 5.41) is 26.8. The fraction of sp³-hybridized carbons (Fsp3) is 0. The zero-order valence-corrected chi connectivity index (χ0v) is 11.7. The Labute approximate surface area is 130 Å². The molecule has 0 fully saturated rings. The first kappa shape index (κ1) is 14.5. The third kappa shape index (κ3) is 2.67. The summed E-state index contributed by atoms with van der Waals surface area (Å²) in [5.41, 5.74) is 0.464. The zero-order chi connectivity index (χ0) is 16.4. The molecule has 0 atom stereocenters. The van der Waals surface area contributed by atoms with Gasteiger partial charge in [0.25, 0.3) is 0 Å². The molecule has 7 heteroatoms. The van der Waals surface area contributed by atoms with Crippen molar-refractivity contribution in [3.8, 4) is 16.9 Å². The van der Waals surface area contributed by atoms with Gasteiger partial charge in [-0.2, -0.15) is 4.80 Å². The van der Waals surface area contributed by atoms with E-state index in [4.69, 9.17) is 0 Å². The van der Waals surface area contributed by atoms with E-state index in [1.807, 2.05) is 6.07 Å². The van der Waals surface area contributed by atoms with Crippen LogP contribution >= 0.6 is 0 Å². The topological polar surface area (TPSA) is 105 Å². The van der Waals surface area contributed by atoms with Gasteiger partial charge in [0, 0.05) is 5.56 Å². The van der Waals surface area contributed by atoms with Gasteiger partial charge in [-0.3, -0.25) is 0 Å². The molecule has 3 rings (SSSR count). The Hall–Kier alpha value is -3.48. The third-order valence-electron chi connectivity index (χ3n) is 3.22. The van der Waals surface area contributed by atoms with E-state index in [2.05, 4.69) is 10.2 Å². The van der Waals surface area contributed by atoms with E-state index in [-0.39, 0.29) is 22.5 Å². The van der Waals surface area contributed by atoms with Crippen LogP contribution in [0.25, 0.3) is 16.9 Å². The molecule has 23 heavy (non-hydrogen) atoms. The van der Waals surface area contributed by atoms with Gasteiger partial charge in [0.2, 0.25) is 0 Å². The van der Waals surface area contributed by atoms with E-state index in [1.54, 1.807) is 36.4 Å². The molecule has 2 N–H and O–H groups in total. The Kier molecular flexibility index (Phi) is 3.60. The van der Waals surface area contributed by atoms with E-state index in [0.717, 1.165) is 0 Å². The third-order valence-corrected chi connectivity index (χ3v) is 3.22. The molecule has 114 valence electrons. The molecule has 0 radical (unpaired) electrons. The molecule has 7 nitrogen and oxygen atoms in total. The first-order chi connectivity index (χ1) is 11.1. The lowest BCUT2D eigenvalue weighted by atomic mass is 10.0. The van der Waals surface area contributed by atoms with E-state index in [9.17, 15) is 19.8 Å². The molecule has 0 spiro atoms. The smallest absolute Gasteiger partial charge is 0.358 e. The highest BCUT2D eigenvalue weighted by Crippen LogP contribution is 2.25. The van der Waals surface area contributed by atoms with Crippen molar-refractivity contribution >= 4 is 11.9 Å². The Bertz CT molecular complexity index is 887. The van der Waals surface area contributed by atoms with Crippen molar-refractivity contribution in [2.75, 3.05) is 0 Å². The molecule has 0 saturated heterocycles. The number of hydrogen-bond acceptors (Lipinski definition) is 4. The summed E-state index contributed by atoms with van der Waals surface area (Å²) in [6, 6.07) is 14.9. The maximum atomic E-state index is 11.5. The minimum absolute atomic E-state index is 0.0133. The molecular weight excluding hydrogens is 298 g/mol. The van der Waals surface area contributed by atoms with Crippen LogP contribution < -0.4 is 0 Å². The van der Waals surface area contributed by atoms with E-state index >= 15 is 0 Å². The van der Waals surface area contributed by atoms with Crippen LogP contribution in [0.2, 0.25) is 0 Å². The first-order valence-corrected chi connectivity index (χ1v) is 6.66. The van der Waals surface area contributed by atoms with Crippen LogP contribution in [0, 0.1) is 0 Å². The highest BCUT2D eigenvalue weighted by Gasteiger charge is 2.23. The Morgan fingerprint density at radius 3 is 2.13 bits per heavy atom. The van der Waals surface area contributed by atoms with Crippen LogP contribution in [0.4, 0.5) is 0 Å². The van der Waals surface area contributed by atoms with Crippen LogP contribution in [0.3, 0.4) is 0 Å². The highest BCUT2D eigenvalue weighted by atomic mass is 16.4. The average Bonchev–Trinajstić information content (AvgIpc) is 3.01. The quantitative estimate of drug-likeness (QED) is 0.766. The number of carboxylic acids is 2. The molecule has 0 amide bonds. The summed E-state index contributed by atoms with van der Waals surface area (Å²) in [6.45, 7) is 0. The van der Waals surface area contributed by atoms with Gasteiger partial charge < -0.3 is 10.2 Å². The van der Waals surface area contributed by atoms with Gasteiger partial charge in [0.1, 0.15) is 5.69 Å². The monoisotopic (exact) mass is 309 g/mol. The first-order valence-electron chi connectivity index (χ1n) is 6.66. The van der Waals surface area contributed by atoms with Crippen molar-refractivity contribution in [2.45, 2.75) is 0 Å². The fourth-order valence-electron chi connectivity index (χ4n) is 2.18. The second-order valence-corrected chi connectivity index (χ2v) is 4.68. The Balaban J connectivity index is 2.22. The average molecular weight is 309 g/mol. The Morgan fingerprint density at radius 2 is 1.48 bits per heavy atom. The number of aromatic carboxylic acids is 2. The number of nitrogens with zero attached hydrogens (tertiary/aromatic N) is 3. The molecule has 0 unspecified atom stereocenters. The summed E-state index contributed by atoms with van der Waals surface area (Å²) in [6.07, 6.45) is 0. The van der Waals surface area contributed by atoms with Crippen molar-refractivity contribution in [3.05, 3.63) is 65.9 Å². The number of benzene rings is 2. The Morgan fingerprint density at radius 1 is 0.826 bits per heavy atom. The molecular formula is C16H11N3O4. The molecule has 3 aromatic rings. The largest absolute Gasteiger partial charge is 0.478 e. The summed E-state index contributed by atoms with van der Waals surface area (Å²) in [5.74, 6) is -2.44. The maximum Gasteiger partial charge on any atom is 0.358 e. The summed E-state index contributed by atoms with van der Waals surface area (Å²) >= 11 is 0. The molecule has 0 saturated carbocycles. The van der Waals surface area contributed by atoms with Crippen molar-refractivity contribution < 1.29 is 19.8 Å². The second-order valence-electron chi connectivity index (χ2n) is 4.68. The van der Waals surface area contributed by atoms with Gasteiger partial charge in [-0.15, -0.1) is 10.2 Å². The second kappa shape index (κ2) is 5.72. The van der Waals surface area contributed by atoms with Gasteiger partial charge in [-0.25, -0.2) is 9.59 Å². The molecule has 0 aliphatic carbocycles. The van der Waals surface area contributed by atoms with Crippen molar-refractivity contribution in [3.63, 3.8) is 0 Å². The van der Waals surface area contributed by atoms with Crippen LogP contribution in [0.5, 0.6) is 0 Å². The lowest BCUT2D eigenvalue weighted by Crippen LogP contribution is -2.04. The molecule has 0 aliphatic rings. The van der Waals surface area contributed by atoms with E-state index in [0.29, 0.717) is 5.69 Å². The standard InChI is InChI=1S/C16H11N3O4/c20-15(21)12-9-5-4-8-11(12)13-14(16(22)23)18-19(17-13)10-6-2-1-3-7-10/h1-9H,(H,20,21)(H,22,23). The van der Waals surface area contributed by atoms with E-state index < -0.39 is 11.9 Å². The summed E-state index contributed by atoms with van der Waals surface area (Å²) in [4.78, 5) is 24.0. The van der Waals surface area contributed by atoms with Gasteiger partial charge in [-0.05, 0) is 18.2 Å². The van der Waals surface area contributed by atoms with Gasteiger partial charge >= 0.3 is 11.9 Å². The summed E-state index contributed by atoms with van der Waals surface area (Å²) < 4.78 is 0. The number of hydrogen-bond donors (Lipinski definition) is 2. The number of aromatic nitrogens is 3. The lowest BCUT2D eigenvalue weighted by Gasteiger charge is -2.02. The predicted molar refractivity (Wildman–Crippen MR) is 80.7 cm³/mol. The minimum atomic E-state index is -1.28. The maximum absolute atomic E-state index is 11.5. The van der Waals surface area contributed by atoms with Crippen molar-refractivity contribution in [1.29, 1.82) is 0 Å². The van der Waals surface area contributed by atoms with Crippen LogP contribution in [0.1, 0.15) is 20.8 Å². The van der Waals surface area contributed by atoms with Gasteiger partial charge in [0.15, 0.2) is 5.69 Å². The highest BCUT2D eigenvalue weighted by molar-refractivity contribution is 5.99. The van der Waals surface area contributed by atoms with Crippen LogP contribution in [0.15, 0.2) is 54.6 Å². The normalized spacial score (nSPS) is 10.4. The zero-order valence-electron chi connectivity index (χ0n) is 11.7. The van der Waals surface area contributed by atoms with E-state index in [1.165, 1.54) is 16.9 Å². The molecule has 0 aliphatic heterocycles. The molecule has 1 heterocycles. The number of rotatable bonds is 4. The van der Waals surface area contributed by atoms with Crippen LogP contribution in [-0.2, 0) is 0 Å². The number of carboxylic acid groups (broad SMARTS) is 2. The molecule has 0 bridgehead atoms. The predicted octanol–water partition coefficient (Wildman–Crippen LogP) is 2.33. The summed E-state index contributed by atoms with van der Waals surface area (Å²) in [7, 11) is 0. The van der Waals surface area contributed by atoms with Crippen molar-refractivity contribution in [2.24, 2.45) is 0 Å². The fourth-order valence-corrected chi connectivity index (χ4v) is 2.18. The van der Waals surface area contributed by atoms with Crippen LogP contribution in [-0.4, -0.2) is 37.1 Å². The van der Waals surface area contributed by atoms with Crippen molar-refractivity contribution in [1.82, 2.24) is 15.0 Å². The minimum Gasteiger partial charge on any atom is -0.478 e. The number of para-hydroxylation sites is 1.